The van der Waals surface area contributed by atoms with Crippen molar-refractivity contribution < 1.29 is 4.79 Å². The lowest BCUT2D eigenvalue weighted by atomic mass is 9.90. The van der Waals surface area contributed by atoms with Gasteiger partial charge in [0.25, 0.3) is 5.91 Å². The van der Waals surface area contributed by atoms with Crippen LogP contribution < -0.4 is 5.73 Å². The van der Waals surface area contributed by atoms with E-state index in [0.717, 1.165) is 13.0 Å². The van der Waals surface area contributed by atoms with Gasteiger partial charge in [0, 0.05) is 6.54 Å². The Labute approximate surface area is 122 Å². The summed E-state index contributed by atoms with van der Waals surface area (Å²) in [5.41, 5.74) is 5.40. The van der Waals surface area contributed by atoms with Crippen molar-refractivity contribution in [3.63, 3.8) is 0 Å². The van der Waals surface area contributed by atoms with Gasteiger partial charge in [0.1, 0.15) is 5.54 Å². The van der Waals surface area contributed by atoms with E-state index in [1.165, 1.54) is 38.5 Å². The first kappa shape index (κ1) is 15.3. The molecule has 1 atom stereocenters. The van der Waals surface area contributed by atoms with Gasteiger partial charge < -0.3 is 5.73 Å². The maximum absolute atomic E-state index is 12.7. The molecule has 1 saturated carbocycles. The van der Waals surface area contributed by atoms with Crippen LogP contribution in [0.25, 0.3) is 0 Å². The van der Waals surface area contributed by atoms with Crippen LogP contribution in [0.15, 0.2) is 4.99 Å². The molecule has 0 aromatic heterocycles. The van der Waals surface area contributed by atoms with E-state index in [1.807, 2.05) is 6.92 Å². The number of rotatable bonds is 4. The smallest absolute Gasteiger partial charge is 0.257 e. The van der Waals surface area contributed by atoms with Crippen LogP contribution in [0.1, 0.15) is 65.7 Å². The van der Waals surface area contributed by atoms with Crippen LogP contribution in [0, 0.1) is 11.8 Å². The number of nitrogens with two attached hydrogens (primary N) is 1. The van der Waals surface area contributed by atoms with Gasteiger partial charge in [-0.25, -0.2) is 4.99 Å². The van der Waals surface area contributed by atoms with Crippen molar-refractivity contribution in [2.75, 3.05) is 6.54 Å². The molecule has 2 rings (SSSR count). The number of carbonyl (C=O) groups is 1. The second kappa shape index (κ2) is 6.15. The molecule has 0 bridgehead atoms. The molecule has 2 aliphatic rings. The zero-order valence-electron chi connectivity index (χ0n) is 13.2. The Morgan fingerprint density at radius 2 is 1.90 bits per heavy atom. The molecule has 0 radical (unpaired) electrons. The molecule has 114 valence electrons. The number of hydrogen-bond donors (Lipinski definition) is 1. The topological polar surface area (TPSA) is 58.7 Å². The summed E-state index contributed by atoms with van der Waals surface area (Å²) < 4.78 is 0. The fourth-order valence-electron chi connectivity index (χ4n) is 3.66. The van der Waals surface area contributed by atoms with Gasteiger partial charge in [-0.3, -0.25) is 9.69 Å². The second-order valence-corrected chi connectivity index (χ2v) is 7.12. The van der Waals surface area contributed by atoms with Gasteiger partial charge in [0.2, 0.25) is 0 Å². The van der Waals surface area contributed by atoms with Crippen molar-refractivity contribution in [3.8, 4) is 0 Å². The molecular formula is C16H29N3O. The SMILES string of the molecule is CC(C)CC1(C)N=C(N)N(CC2CCCCCC2)C1=O. The lowest BCUT2D eigenvalue weighted by molar-refractivity contribution is -0.131. The van der Waals surface area contributed by atoms with Gasteiger partial charge in [0.15, 0.2) is 5.96 Å². The Morgan fingerprint density at radius 1 is 1.30 bits per heavy atom. The summed E-state index contributed by atoms with van der Waals surface area (Å²) in [6, 6.07) is 0. The average Bonchev–Trinajstić information content (AvgIpc) is 2.57. The molecule has 1 amide bonds. The van der Waals surface area contributed by atoms with Crippen LogP contribution in [0.4, 0.5) is 0 Å². The zero-order valence-corrected chi connectivity index (χ0v) is 13.2. The average molecular weight is 279 g/mol. The van der Waals surface area contributed by atoms with Crippen molar-refractivity contribution >= 4 is 11.9 Å². The first-order valence-electron chi connectivity index (χ1n) is 8.09. The predicted molar refractivity (Wildman–Crippen MR) is 82.4 cm³/mol. The minimum Gasteiger partial charge on any atom is -0.369 e. The van der Waals surface area contributed by atoms with Gasteiger partial charge >= 0.3 is 0 Å². The van der Waals surface area contributed by atoms with Gasteiger partial charge in [-0.05, 0) is 38.0 Å². The van der Waals surface area contributed by atoms with Gasteiger partial charge in [0.05, 0.1) is 0 Å². The molecule has 0 aromatic rings. The summed E-state index contributed by atoms with van der Waals surface area (Å²) in [6.07, 6.45) is 8.45. The highest BCUT2D eigenvalue weighted by Gasteiger charge is 2.44. The maximum atomic E-state index is 12.7. The quantitative estimate of drug-likeness (QED) is 0.804. The third-order valence-corrected chi connectivity index (χ3v) is 4.56. The first-order valence-corrected chi connectivity index (χ1v) is 8.09. The lowest BCUT2D eigenvalue weighted by Crippen LogP contribution is -2.45. The third-order valence-electron chi connectivity index (χ3n) is 4.56. The highest BCUT2D eigenvalue weighted by Crippen LogP contribution is 2.31. The van der Waals surface area contributed by atoms with E-state index in [9.17, 15) is 4.79 Å². The molecule has 0 spiro atoms. The molecule has 20 heavy (non-hydrogen) atoms. The molecule has 4 nitrogen and oxygen atoms in total. The second-order valence-electron chi connectivity index (χ2n) is 7.12. The van der Waals surface area contributed by atoms with Crippen molar-refractivity contribution in [2.45, 2.75) is 71.3 Å². The van der Waals surface area contributed by atoms with Crippen LogP contribution in [0.5, 0.6) is 0 Å². The van der Waals surface area contributed by atoms with Crippen LogP contribution in [0.2, 0.25) is 0 Å². The molecule has 1 unspecified atom stereocenters. The van der Waals surface area contributed by atoms with E-state index in [2.05, 4.69) is 18.8 Å². The summed E-state index contributed by atoms with van der Waals surface area (Å²) in [6.45, 7) is 6.94. The highest BCUT2D eigenvalue weighted by atomic mass is 16.2. The summed E-state index contributed by atoms with van der Waals surface area (Å²) in [5, 5.41) is 0. The van der Waals surface area contributed by atoms with Gasteiger partial charge in [-0.1, -0.05) is 39.5 Å². The maximum Gasteiger partial charge on any atom is 0.257 e. The Bertz CT molecular complexity index is 383. The number of amides is 1. The summed E-state index contributed by atoms with van der Waals surface area (Å²) in [5.74, 6) is 1.57. The Balaban J connectivity index is 2.02. The van der Waals surface area contributed by atoms with Crippen LogP contribution in [0.3, 0.4) is 0 Å². The summed E-state index contributed by atoms with van der Waals surface area (Å²) >= 11 is 0. The number of aliphatic imine (C=N–C) groups is 1. The fraction of sp³-hybridized carbons (Fsp3) is 0.875. The molecular weight excluding hydrogens is 250 g/mol. The monoisotopic (exact) mass is 279 g/mol. The van der Waals surface area contributed by atoms with Gasteiger partial charge in [-0.2, -0.15) is 0 Å². The van der Waals surface area contributed by atoms with E-state index < -0.39 is 5.54 Å². The van der Waals surface area contributed by atoms with Crippen molar-refractivity contribution in [2.24, 2.45) is 22.6 Å². The third kappa shape index (κ3) is 3.33. The van der Waals surface area contributed by atoms with Crippen molar-refractivity contribution in [3.05, 3.63) is 0 Å². The Kier molecular flexibility index (Phi) is 4.71. The number of guanidine groups is 1. The molecule has 1 heterocycles. The van der Waals surface area contributed by atoms with Crippen molar-refractivity contribution in [1.82, 2.24) is 4.90 Å². The van der Waals surface area contributed by atoms with E-state index in [4.69, 9.17) is 5.73 Å². The molecule has 0 aromatic carbocycles. The van der Waals surface area contributed by atoms with Crippen LogP contribution in [-0.4, -0.2) is 28.9 Å². The van der Waals surface area contributed by atoms with Crippen molar-refractivity contribution in [1.29, 1.82) is 0 Å². The van der Waals surface area contributed by atoms with Crippen LogP contribution in [-0.2, 0) is 4.79 Å². The first-order chi connectivity index (χ1) is 9.42. The fourth-order valence-corrected chi connectivity index (χ4v) is 3.66. The standard InChI is InChI=1S/C16H29N3O/c1-12(2)10-16(3)14(20)19(15(17)18-16)11-13-8-6-4-5-7-9-13/h12-13H,4-11H2,1-3H3,(H2,17,18). The Morgan fingerprint density at radius 3 is 2.45 bits per heavy atom. The van der Waals surface area contributed by atoms with E-state index in [1.54, 1.807) is 4.90 Å². The van der Waals surface area contributed by atoms with E-state index in [0.29, 0.717) is 17.8 Å². The van der Waals surface area contributed by atoms with Gasteiger partial charge in [-0.15, -0.1) is 0 Å². The Hall–Kier alpha value is -1.06. The molecule has 1 aliphatic heterocycles. The minimum absolute atomic E-state index is 0.105. The molecule has 0 saturated heterocycles. The lowest BCUT2D eigenvalue weighted by Gasteiger charge is -2.26. The molecule has 1 aliphatic carbocycles. The molecule has 1 fully saturated rings. The molecule has 2 N–H and O–H groups in total. The minimum atomic E-state index is -0.636. The normalized spacial score (nSPS) is 28.9. The largest absolute Gasteiger partial charge is 0.369 e. The zero-order chi connectivity index (χ0) is 14.8. The summed E-state index contributed by atoms with van der Waals surface area (Å²) in [7, 11) is 0. The number of nitrogens with zero attached hydrogens (tertiary/aromatic N) is 2. The highest BCUT2D eigenvalue weighted by molar-refractivity contribution is 6.06. The number of carbonyl (C=O) groups excluding carboxylic acids is 1. The summed E-state index contributed by atoms with van der Waals surface area (Å²) in [4.78, 5) is 18.9. The van der Waals surface area contributed by atoms with E-state index in [-0.39, 0.29) is 5.91 Å². The number of hydrogen-bond acceptors (Lipinski definition) is 3. The van der Waals surface area contributed by atoms with Crippen LogP contribution >= 0.6 is 0 Å². The molecule has 4 heteroatoms. The van der Waals surface area contributed by atoms with E-state index >= 15 is 0 Å². The predicted octanol–water partition coefficient (Wildman–Crippen LogP) is 2.92.